The lowest BCUT2D eigenvalue weighted by molar-refractivity contribution is -0.123. The first-order valence-corrected chi connectivity index (χ1v) is 12.1. The second kappa shape index (κ2) is 10.5. The van der Waals surface area contributed by atoms with Crippen LogP contribution in [0.4, 0.5) is 0 Å². The lowest BCUT2D eigenvalue weighted by Crippen LogP contribution is -2.43. The summed E-state index contributed by atoms with van der Waals surface area (Å²) in [5.41, 5.74) is 3.14. The van der Waals surface area contributed by atoms with Crippen LogP contribution in [0, 0.1) is 0 Å². The van der Waals surface area contributed by atoms with E-state index < -0.39 is 5.54 Å². The van der Waals surface area contributed by atoms with Gasteiger partial charge in [0.05, 0.1) is 12.5 Å². The lowest BCUT2D eigenvalue weighted by atomic mass is 10.0. The third-order valence-electron chi connectivity index (χ3n) is 5.71. The topological polar surface area (TPSA) is 89.4 Å². The highest BCUT2D eigenvalue weighted by molar-refractivity contribution is 5.83. The van der Waals surface area contributed by atoms with Crippen LogP contribution < -0.4 is 15.6 Å². The molecule has 2 heterocycles. The van der Waals surface area contributed by atoms with Gasteiger partial charge in [0, 0.05) is 29.4 Å². The maximum Gasteiger partial charge on any atom is 0.263 e. The quantitative estimate of drug-likeness (QED) is 0.412. The molecule has 0 aliphatic carbocycles. The molecule has 0 fully saturated rings. The minimum absolute atomic E-state index is 0.172. The molecule has 0 aliphatic rings. The van der Waals surface area contributed by atoms with Crippen LogP contribution in [0.3, 0.4) is 0 Å². The number of hydrogen-bond donors (Lipinski definition) is 1. The van der Waals surface area contributed by atoms with Gasteiger partial charge in [-0.15, -0.1) is 0 Å². The van der Waals surface area contributed by atoms with E-state index in [1.54, 1.807) is 25.4 Å². The van der Waals surface area contributed by atoms with Gasteiger partial charge in [-0.2, -0.15) is 0 Å². The number of hydrogen-bond acceptors (Lipinski definition) is 6. The molecule has 0 atom stereocenters. The standard InChI is InChI=1S/C29H33N5O3/c1-29(2,3)32-25(35)18-34-27(21-11-8-12-23(14-21)37-6)31-26-24(28(34)36)15-22(16-30-26)20-10-7-9-19(13-20)17-33(4)5/h7-16H,17-18H2,1-6H3,(H,32,35). The summed E-state index contributed by atoms with van der Waals surface area (Å²) in [4.78, 5) is 38.1. The SMILES string of the molecule is COc1cccc(-c2nc3ncc(-c4cccc(CN(C)C)c4)cc3c(=O)n2CC(=O)NC(C)(C)C)c1. The number of carbonyl (C=O) groups is 1. The molecule has 0 aliphatic heterocycles. The minimum atomic E-state index is -0.437. The van der Waals surface area contributed by atoms with E-state index in [0.29, 0.717) is 28.2 Å². The highest BCUT2D eigenvalue weighted by Gasteiger charge is 2.20. The van der Waals surface area contributed by atoms with Crippen molar-refractivity contribution in [1.82, 2.24) is 24.8 Å². The van der Waals surface area contributed by atoms with Crippen molar-refractivity contribution < 1.29 is 9.53 Å². The van der Waals surface area contributed by atoms with Crippen LogP contribution in [0.2, 0.25) is 0 Å². The Labute approximate surface area is 216 Å². The number of nitrogens with one attached hydrogen (secondary N) is 1. The first-order chi connectivity index (χ1) is 17.5. The summed E-state index contributed by atoms with van der Waals surface area (Å²) in [5.74, 6) is 0.701. The van der Waals surface area contributed by atoms with Crippen LogP contribution in [0.1, 0.15) is 26.3 Å². The van der Waals surface area contributed by atoms with E-state index in [1.807, 2.05) is 65.2 Å². The van der Waals surface area contributed by atoms with Crippen LogP contribution in [-0.2, 0) is 17.9 Å². The molecule has 192 valence electrons. The first-order valence-electron chi connectivity index (χ1n) is 12.1. The van der Waals surface area contributed by atoms with Crippen LogP contribution >= 0.6 is 0 Å². The average molecular weight is 500 g/mol. The number of carbonyl (C=O) groups excluding carboxylic acids is 1. The molecule has 0 bridgehead atoms. The molecule has 8 nitrogen and oxygen atoms in total. The molecule has 0 radical (unpaired) electrons. The summed E-state index contributed by atoms with van der Waals surface area (Å²) in [6.07, 6.45) is 1.73. The van der Waals surface area contributed by atoms with Crippen molar-refractivity contribution in [2.24, 2.45) is 0 Å². The summed E-state index contributed by atoms with van der Waals surface area (Å²) in [5, 5.41) is 3.28. The number of nitrogens with zero attached hydrogens (tertiary/aromatic N) is 4. The molecule has 0 spiro atoms. The van der Waals surface area contributed by atoms with Crippen LogP contribution in [-0.4, -0.2) is 52.1 Å². The van der Waals surface area contributed by atoms with Gasteiger partial charge < -0.3 is 15.0 Å². The molecular weight excluding hydrogens is 466 g/mol. The van der Waals surface area contributed by atoms with Crippen molar-refractivity contribution in [2.45, 2.75) is 39.4 Å². The molecule has 2 aromatic heterocycles. The summed E-state index contributed by atoms with van der Waals surface area (Å²) in [7, 11) is 5.62. The van der Waals surface area contributed by atoms with Gasteiger partial charge in [-0.1, -0.05) is 30.3 Å². The molecule has 37 heavy (non-hydrogen) atoms. The lowest BCUT2D eigenvalue weighted by Gasteiger charge is -2.21. The van der Waals surface area contributed by atoms with E-state index in [4.69, 9.17) is 9.72 Å². The van der Waals surface area contributed by atoms with Gasteiger partial charge in [-0.3, -0.25) is 14.2 Å². The summed E-state index contributed by atoms with van der Waals surface area (Å²) in [6.45, 7) is 6.33. The zero-order valence-electron chi connectivity index (χ0n) is 22.2. The Kier molecular flexibility index (Phi) is 7.40. The number of pyridine rings is 1. The highest BCUT2D eigenvalue weighted by atomic mass is 16.5. The van der Waals surface area contributed by atoms with Crippen LogP contribution in [0.25, 0.3) is 33.5 Å². The van der Waals surface area contributed by atoms with Crippen molar-refractivity contribution in [2.75, 3.05) is 21.2 Å². The van der Waals surface area contributed by atoms with Crippen molar-refractivity contribution in [1.29, 1.82) is 0 Å². The summed E-state index contributed by atoms with van der Waals surface area (Å²) in [6, 6.07) is 17.2. The third-order valence-corrected chi connectivity index (χ3v) is 5.71. The Morgan fingerprint density at radius 2 is 1.76 bits per heavy atom. The molecule has 1 N–H and O–H groups in total. The number of benzene rings is 2. The molecule has 8 heteroatoms. The smallest absolute Gasteiger partial charge is 0.263 e. The van der Waals surface area contributed by atoms with Gasteiger partial charge in [0.1, 0.15) is 18.1 Å². The Balaban J connectivity index is 1.87. The van der Waals surface area contributed by atoms with Gasteiger partial charge in [-0.05, 0) is 70.3 Å². The summed E-state index contributed by atoms with van der Waals surface area (Å²) >= 11 is 0. The van der Waals surface area contributed by atoms with Crippen LogP contribution in [0.5, 0.6) is 5.75 Å². The normalized spacial score (nSPS) is 11.6. The number of amides is 1. The van der Waals surface area contributed by atoms with Gasteiger partial charge in [0.15, 0.2) is 5.65 Å². The van der Waals surface area contributed by atoms with Gasteiger partial charge >= 0.3 is 0 Å². The molecular formula is C29H33N5O3. The minimum Gasteiger partial charge on any atom is -0.497 e. The van der Waals surface area contributed by atoms with E-state index in [9.17, 15) is 9.59 Å². The fourth-order valence-electron chi connectivity index (χ4n) is 4.21. The zero-order chi connectivity index (χ0) is 26.7. The van der Waals surface area contributed by atoms with Crippen LogP contribution in [0.15, 0.2) is 65.6 Å². The van der Waals surface area contributed by atoms with Crippen molar-refractivity contribution in [3.05, 3.63) is 76.7 Å². The van der Waals surface area contributed by atoms with E-state index in [-0.39, 0.29) is 18.0 Å². The second-order valence-corrected chi connectivity index (χ2v) is 10.4. The number of fused-ring (bicyclic) bond motifs is 1. The first kappa shape index (κ1) is 26.0. The maximum absolute atomic E-state index is 13.8. The zero-order valence-corrected chi connectivity index (χ0v) is 22.2. The van der Waals surface area contributed by atoms with Crippen molar-refractivity contribution in [3.8, 4) is 28.3 Å². The van der Waals surface area contributed by atoms with Gasteiger partial charge in [-0.25, -0.2) is 9.97 Å². The number of methoxy groups -OCH3 is 1. The number of ether oxygens (including phenoxy) is 1. The Morgan fingerprint density at radius 3 is 2.46 bits per heavy atom. The Bertz CT molecular complexity index is 1500. The van der Waals surface area contributed by atoms with E-state index in [2.05, 4.69) is 27.3 Å². The molecule has 4 aromatic rings. The van der Waals surface area contributed by atoms with Crippen molar-refractivity contribution >= 4 is 16.9 Å². The largest absolute Gasteiger partial charge is 0.497 e. The molecule has 2 aromatic carbocycles. The number of rotatable bonds is 7. The molecule has 0 saturated carbocycles. The molecule has 0 unspecified atom stereocenters. The fourth-order valence-corrected chi connectivity index (χ4v) is 4.21. The number of aromatic nitrogens is 3. The van der Waals surface area contributed by atoms with Crippen molar-refractivity contribution in [3.63, 3.8) is 0 Å². The van der Waals surface area contributed by atoms with E-state index in [0.717, 1.165) is 23.2 Å². The third kappa shape index (κ3) is 6.21. The van der Waals surface area contributed by atoms with Gasteiger partial charge in [0.2, 0.25) is 5.91 Å². The fraction of sp³-hybridized carbons (Fsp3) is 0.310. The Hall–Kier alpha value is -4.04. The predicted molar refractivity (Wildman–Crippen MR) is 147 cm³/mol. The molecule has 0 saturated heterocycles. The van der Waals surface area contributed by atoms with Gasteiger partial charge in [0.25, 0.3) is 5.56 Å². The van der Waals surface area contributed by atoms with E-state index in [1.165, 1.54) is 4.57 Å². The summed E-state index contributed by atoms with van der Waals surface area (Å²) < 4.78 is 6.77. The second-order valence-electron chi connectivity index (χ2n) is 10.4. The van der Waals surface area contributed by atoms with E-state index >= 15 is 0 Å². The average Bonchev–Trinajstić information content (AvgIpc) is 2.84. The maximum atomic E-state index is 13.8. The molecule has 1 amide bonds. The predicted octanol–water partition coefficient (Wildman–Crippen LogP) is 4.11. The Morgan fingerprint density at radius 1 is 1.03 bits per heavy atom. The monoisotopic (exact) mass is 499 g/mol. The molecule has 4 rings (SSSR count). The highest BCUT2D eigenvalue weighted by Crippen LogP contribution is 2.26.